The molecule has 1 aliphatic heterocycles. The van der Waals surface area contributed by atoms with Crippen molar-refractivity contribution in [1.29, 1.82) is 0 Å². The molecule has 0 saturated carbocycles. The van der Waals surface area contributed by atoms with E-state index in [0.717, 1.165) is 37.1 Å². The Hall–Kier alpha value is -2.54. The van der Waals surface area contributed by atoms with Crippen molar-refractivity contribution in [3.05, 3.63) is 36.3 Å². The normalized spacial score (nSPS) is 20.5. The summed E-state index contributed by atoms with van der Waals surface area (Å²) in [6, 6.07) is 6.96. The Labute approximate surface area is 145 Å². The summed E-state index contributed by atoms with van der Waals surface area (Å²) in [6.45, 7) is 3.77. The average molecular weight is 340 g/mol. The first-order chi connectivity index (χ1) is 12.2. The van der Waals surface area contributed by atoms with E-state index in [1.165, 1.54) is 6.07 Å². The largest absolute Gasteiger partial charge is 0.355 e. The molecule has 1 saturated heterocycles. The molecule has 2 atom stereocenters. The monoisotopic (exact) mass is 340 g/mol. The molecule has 4 heterocycles. The van der Waals surface area contributed by atoms with Crippen molar-refractivity contribution in [3.8, 4) is 11.4 Å². The molecular weight excluding hydrogens is 319 g/mol. The van der Waals surface area contributed by atoms with Crippen molar-refractivity contribution in [3.63, 3.8) is 0 Å². The van der Waals surface area contributed by atoms with Gasteiger partial charge in [0.1, 0.15) is 17.2 Å². The summed E-state index contributed by atoms with van der Waals surface area (Å²) >= 11 is 0. The predicted molar refractivity (Wildman–Crippen MR) is 95.7 cm³/mol. The predicted octanol–water partition coefficient (Wildman–Crippen LogP) is 2.72. The van der Waals surface area contributed by atoms with E-state index in [0.29, 0.717) is 17.3 Å². The van der Waals surface area contributed by atoms with Crippen molar-refractivity contribution in [2.45, 2.75) is 25.8 Å². The van der Waals surface area contributed by atoms with Crippen LogP contribution in [0.5, 0.6) is 0 Å². The molecule has 1 aliphatic rings. The van der Waals surface area contributed by atoms with Crippen LogP contribution in [0.3, 0.4) is 0 Å². The summed E-state index contributed by atoms with van der Waals surface area (Å²) in [5.41, 5.74) is 7.60. The zero-order valence-corrected chi connectivity index (χ0v) is 14.1. The molecular formula is C18H21FN6. The number of nitrogens with two attached hydrogens (primary N) is 1. The molecule has 3 aromatic rings. The lowest BCUT2D eigenvalue weighted by Gasteiger charge is -2.18. The third-order valence-corrected chi connectivity index (χ3v) is 4.87. The summed E-state index contributed by atoms with van der Waals surface area (Å²) in [6.07, 6.45) is 3.88. The van der Waals surface area contributed by atoms with E-state index in [-0.39, 0.29) is 11.7 Å². The molecule has 0 radical (unpaired) electrons. The van der Waals surface area contributed by atoms with Crippen LogP contribution in [0.15, 0.2) is 30.5 Å². The summed E-state index contributed by atoms with van der Waals surface area (Å²) in [5.74, 6) is 0.802. The highest BCUT2D eigenvalue weighted by Gasteiger charge is 2.30. The van der Waals surface area contributed by atoms with Crippen molar-refractivity contribution < 1.29 is 4.39 Å². The number of nitrogens with one attached hydrogen (secondary N) is 1. The van der Waals surface area contributed by atoms with Gasteiger partial charge in [-0.3, -0.25) is 5.10 Å². The fraction of sp³-hybridized carbons (Fsp3) is 0.389. The smallest absolute Gasteiger partial charge is 0.155 e. The summed E-state index contributed by atoms with van der Waals surface area (Å²) in [7, 11) is 0. The van der Waals surface area contributed by atoms with Gasteiger partial charge in [0.05, 0.1) is 0 Å². The van der Waals surface area contributed by atoms with Crippen molar-refractivity contribution >= 4 is 16.9 Å². The van der Waals surface area contributed by atoms with Crippen LogP contribution in [-0.4, -0.2) is 39.3 Å². The molecule has 6 nitrogen and oxygen atoms in total. The number of nitrogens with zero attached hydrogens (tertiary/aromatic N) is 4. The van der Waals surface area contributed by atoms with Crippen LogP contribution in [0.25, 0.3) is 22.4 Å². The highest BCUT2D eigenvalue weighted by molar-refractivity contribution is 5.89. The summed E-state index contributed by atoms with van der Waals surface area (Å²) < 4.78 is 14.4. The molecule has 0 aliphatic carbocycles. The Balaban J connectivity index is 1.70. The van der Waals surface area contributed by atoms with Crippen LogP contribution in [0, 0.1) is 11.7 Å². The Morgan fingerprint density at radius 1 is 1.28 bits per heavy atom. The van der Waals surface area contributed by atoms with Crippen molar-refractivity contribution in [2.75, 3.05) is 18.0 Å². The van der Waals surface area contributed by atoms with Crippen molar-refractivity contribution in [2.24, 2.45) is 11.7 Å². The van der Waals surface area contributed by atoms with E-state index in [4.69, 9.17) is 5.73 Å². The lowest BCUT2D eigenvalue weighted by molar-refractivity contribution is 0.472. The molecule has 4 rings (SSSR count). The van der Waals surface area contributed by atoms with E-state index in [1.807, 2.05) is 6.07 Å². The number of halogens is 1. The lowest BCUT2D eigenvalue weighted by atomic mass is 9.99. The molecule has 0 spiro atoms. The molecule has 1 fully saturated rings. The highest BCUT2D eigenvalue weighted by atomic mass is 19.1. The first-order valence-corrected chi connectivity index (χ1v) is 8.64. The maximum Gasteiger partial charge on any atom is 0.155 e. The molecule has 0 unspecified atom stereocenters. The quantitative estimate of drug-likeness (QED) is 0.763. The van der Waals surface area contributed by atoms with E-state index >= 15 is 0 Å². The van der Waals surface area contributed by atoms with Gasteiger partial charge in [0.2, 0.25) is 0 Å². The van der Waals surface area contributed by atoms with Gasteiger partial charge < -0.3 is 10.6 Å². The van der Waals surface area contributed by atoms with Gasteiger partial charge in [-0.05, 0) is 36.6 Å². The Kier molecular flexibility index (Phi) is 4.09. The Bertz CT molecular complexity index is 892. The first-order valence-electron chi connectivity index (χ1n) is 8.64. The van der Waals surface area contributed by atoms with Gasteiger partial charge in [0, 0.05) is 30.7 Å². The van der Waals surface area contributed by atoms with Gasteiger partial charge in [-0.2, -0.15) is 5.10 Å². The second-order valence-corrected chi connectivity index (χ2v) is 6.59. The molecule has 25 heavy (non-hydrogen) atoms. The fourth-order valence-corrected chi connectivity index (χ4v) is 3.57. The molecule has 3 aromatic heterocycles. The standard InChI is InChI=1S/C18H21FN6/c1-2-4-11-9-25(10-14(11)20)15-7-6-13(19)17(22-15)16-12-5-3-8-21-18(12)24-23-16/h3,5-8,11,14H,2,4,9-10,20H2,1H3,(H,21,23,24)/t11-,14+/m0/s1. The molecule has 0 bridgehead atoms. The van der Waals surface area contributed by atoms with Crippen LogP contribution >= 0.6 is 0 Å². The van der Waals surface area contributed by atoms with Gasteiger partial charge in [0.15, 0.2) is 11.5 Å². The number of rotatable bonds is 4. The van der Waals surface area contributed by atoms with Crippen LogP contribution in [0.1, 0.15) is 19.8 Å². The van der Waals surface area contributed by atoms with Gasteiger partial charge in [-0.25, -0.2) is 14.4 Å². The van der Waals surface area contributed by atoms with Crippen LogP contribution < -0.4 is 10.6 Å². The third kappa shape index (κ3) is 2.84. The number of aromatic nitrogens is 4. The highest BCUT2D eigenvalue weighted by Crippen LogP contribution is 2.30. The first kappa shape index (κ1) is 16.0. The lowest BCUT2D eigenvalue weighted by Crippen LogP contribution is -2.29. The van der Waals surface area contributed by atoms with Gasteiger partial charge in [-0.15, -0.1) is 0 Å². The number of H-pyrrole nitrogens is 1. The summed E-state index contributed by atoms with van der Waals surface area (Å²) in [4.78, 5) is 10.9. The van der Waals surface area contributed by atoms with Gasteiger partial charge in [-0.1, -0.05) is 13.3 Å². The second kappa shape index (κ2) is 6.40. The van der Waals surface area contributed by atoms with Crippen LogP contribution in [0.2, 0.25) is 0 Å². The Morgan fingerprint density at radius 2 is 2.16 bits per heavy atom. The number of aromatic amines is 1. The van der Waals surface area contributed by atoms with E-state index in [2.05, 4.69) is 32.0 Å². The molecule has 3 N–H and O–H groups in total. The SMILES string of the molecule is CCC[C@H]1CN(c2ccc(F)c(-c3n[nH]c4ncccc34)n2)C[C@H]1N. The molecule has 130 valence electrons. The third-order valence-electron chi connectivity index (χ3n) is 4.87. The van der Waals surface area contributed by atoms with Crippen LogP contribution in [0.4, 0.5) is 10.2 Å². The topological polar surface area (TPSA) is 83.7 Å². The van der Waals surface area contributed by atoms with E-state index in [9.17, 15) is 4.39 Å². The maximum atomic E-state index is 14.4. The van der Waals surface area contributed by atoms with Crippen LogP contribution in [-0.2, 0) is 0 Å². The minimum atomic E-state index is -0.394. The molecule has 0 amide bonds. The summed E-state index contributed by atoms with van der Waals surface area (Å²) in [5, 5.41) is 7.81. The maximum absolute atomic E-state index is 14.4. The number of hydrogen-bond acceptors (Lipinski definition) is 5. The second-order valence-electron chi connectivity index (χ2n) is 6.59. The van der Waals surface area contributed by atoms with E-state index < -0.39 is 5.82 Å². The number of anilines is 1. The zero-order valence-electron chi connectivity index (χ0n) is 14.1. The number of pyridine rings is 2. The average Bonchev–Trinajstić information content (AvgIpc) is 3.20. The van der Waals surface area contributed by atoms with E-state index in [1.54, 1.807) is 18.3 Å². The fourth-order valence-electron chi connectivity index (χ4n) is 3.57. The number of hydrogen-bond donors (Lipinski definition) is 2. The Morgan fingerprint density at radius 3 is 3.00 bits per heavy atom. The zero-order chi connectivity index (χ0) is 17.4. The molecule has 0 aromatic carbocycles. The molecule has 7 heteroatoms. The minimum Gasteiger partial charge on any atom is -0.355 e. The van der Waals surface area contributed by atoms with Crippen molar-refractivity contribution in [1.82, 2.24) is 20.2 Å². The van der Waals surface area contributed by atoms with Gasteiger partial charge >= 0.3 is 0 Å². The van der Waals surface area contributed by atoms with Gasteiger partial charge in [0.25, 0.3) is 0 Å². The number of fused-ring (bicyclic) bond motifs is 1. The minimum absolute atomic E-state index is 0.130.